The molecule has 0 saturated carbocycles. The van der Waals surface area contributed by atoms with Crippen molar-refractivity contribution >= 4 is 21.6 Å². The lowest BCUT2D eigenvalue weighted by Crippen LogP contribution is -2.17. The average molecular weight is 270 g/mol. The summed E-state index contributed by atoms with van der Waals surface area (Å²) in [6.45, 7) is 0.486. The standard InChI is InChI=1S/C10H12BrN3O/c1-15-6-8(12)9-4-13-10-3-2-7(11)5-14(9)10/h2-5,8H,6,12H2,1H3. The highest BCUT2D eigenvalue weighted by Crippen LogP contribution is 2.17. The van der Waals surface area contributed by atoms with Crippen LogP contribution in [0.4, 0.5) is 0 Å². The van der Waals surface area contributed by atoms with Crippen LogP contribution in [0.2, 0.25) is 0 Å². The molecule has 80 valence electrons. The average Bonchev–Trinajstić information content (AvgIpc) is 2.60. The van der Waals surface area contributed by atoms with Gasteiger partial charge in [-0.15, -0.1) is 0 Å². The molecule has 0 amide bonds. The van der Waals surface area contributed by atoms with E-state index in [9.17, 15) is 0 Å². The second kappa shape index (κ2) is 4.30. The van der Waals surface area contributed by atoms with E-state index in [2.05, 4.69) is 20.9 Å². The van der Waals surface area contributed by atoms with Crippen LogP contribution in [0.5, 0.6) is 0 Å². The predicted octanol–water partition coefficient (Wildman–Crippen LogP) is 1.74. The van der Waals surface area contributed by atoms with E-state index < -0.39 is 0 Å². The lowest BCUT2D eigenvalue weighted by Gasteiger charge is -2.09. The van der Waals surface area contributed by atoms with Gasteiger partial charge in [0.2, 0.25) is 0 Å². The lowest BCUT2D eigenvalue weighted by molar-refractivity contribution is 0.179. The normalized spacial score (nSPS) is 13.3. The van der Waals surface area contributed by atoms with Crippen LogP contribution < -0.4 is 5.73 Å². The minimum Gasteiger partial charge on any atom is -0.383 e. The molecule has 0 spiro atoms. The SMILES string of the molecule is COCC(N)c1cnc2ccc(Br)cn12. The van der Waals surface area contributed by atoms with Crippen molar-refractivity contribution in [2.45, 2.75) is 6.04 Å². The molecule has 0 radical (unpaired) electrons. The van der Waals surface area contributed by atoms with Gasteiger partial charge < -0.3 is 14.9 Å². The number of halogens is 1. The number of imidazole rings is 1. The van der Waals surface area contributed by atoms with Crippen LogP contribution in [0, 0.1) is 0 Å². The van der Waals surface area contributed by atoms with Crippen molar-refractivity contribution in [3.63, 3.8) is 0 Å². The van der Waals surface area contributed by atoms with Crippen LogP contribution in [0.3, 0.4) is 0 Å². The number of hydrogen-bond donors (Lipinski definition) is 1. The van der Waals surface area contributed by atoms with Crippen molar-refractivity contribution in [2.75, 3.05) is 13.7 Å². The minimum atomic E-state index is -0.153. The molecule has 1 atom stereocenters. The molecular formula is C10H12BrN3O. The molecule has 0 bridgehead atoms. The van der Waals surface area contributed by atoms with E-state index in [4.69, 9.17) is 10.5 Å². The fourth-order valence-electron chi connectivity index (χ4n) is 1.51. The number of aromatic nitrogens is 2. The van der Waals surface area contributed by atoms with Gasteiger partial charge in [-0.05, 0) is 28.1 Å². The molecule has 0 aliphatic heterocycles. The molecule has 15 heavy (non-hydrogen) atoms. The Bertz CT molecular complexity index is 469. The molecular weight excluding hydrogens is 258 g/mol. The van der Waals surface area contributed by atoms with Crippen LogP contribution in [0.15, 0.2) is 29.0 Å². The molecule has 0 aliphatic rings. The van der Waals surface area contributed by atoms with Crippen molar-refractivity contribution in [1.29, 1.82) is 0 Å². The number of nitrogens with two attached hydrogens (primary N) is 1. The number of pyridine rings is 1. The molecule has 2 aromatic rings. The third-order valence-electron chi connectivity index (χ3n) is 2.22. The van der Waals surface area contributed by atoms with Crippen LogP contribution in [0.1, 0.15) is 11.7 Å². The zero-order valence-corrected chi connectivity index (χ0v) is 9.94. The fourth-order valence-corrected chi connectivity index (χ4v) is 1.85. The Labute approximate surface area is 96.2 Å². The Balaban J connectivity index is 2.47. The van der Waals surface area contributed by atoms with Crippen LogP contribution in [-0.2, 0) is 4.74 Å². The Kier molecular flexibility index (Phi) is 3.04. The first kappa shape index (κ1) is 10.6. The summed E-state index contributed by atoms with van der Waals surface area (Å²) >= 11 is 3.42. The Morgan fingerprint density at radius 1 is 1.60 bits per heavy atom. The molecule has 2 N–H and O–H groups in total. The van der Waals surface area contributed by atoms with Gasteiger partial charge in [-0.1, -0.05) is 0 Å². The third kappa shape index (κ3) is 2.04. The van der Waals surface area contributed by atoms with Gasteiger partial charge in [-0.25, -0.2) is 4.98 Å². The smallest absolute Gasteiger partial charge is 0.137 e. The van der Waals surface area contributed by atoms with Crippen molar-refractivity contribution in [2.24, 2.45) is 5.73 Å². The highest BCUT2D eigenvalue weighted by Gasteiger charge is 2.11. The van der Waals surface area contributed by atoms with E-state index in [1.807, 2.05) is 22.7 Å². The molecule has 0 fully saturated rings. The maximum Gasteiger partial charge on any atom is 0.137 e. The number of methoxy groups -OCH3 is 1. The van der Waals surface area contributed by atoms with E-state index in [0.717, 1.165) is 15.8 Å². The first-order valence-electron chi connectivity index (χ1n) is 4.59. The van der Waals surface area contributed by atoms with Gasteiger partial charge in [0.15, 0.2) is 0 Å². The number of hydrogen-bond acceptors (Lipinski definition) is 3. The topological polar surface area (TPSA) is 52.5 Å². The summed E-state index contributed by atoms with van der Waals surface area (Å²) in [6, 6.07) is 3.74. The fraction of sp³-hybridized carbons (Fsp3) is 0.300. The second-order valence-corrected chi connectivity index (χ2v) is 4.24. The van der Waals surface area contributed by atoms with Crippen LogP contribution >= 0.6 is 15.9 Å². The molecule has 1 unspecified atom stereocenters. The lowest BCUT2D eigenvalue weighted by atomic mass is 10.2. The molecule has 4 nitrogen and oxygen atoms in total. The van der Waals surface area contributed by atoms with E-state index in [1.165, 1.54) is 0 Å². The molecule has 2 heterocycles. The zero-order valence-electron chi connectivity index (χ0n) is 8.35. The Morgan fingerprint density at radius 2 is 2.40 bits per heavy atom. The van der Waals surface area contributed by atoms with E-state index in [0.29, 0.717) is 6.61 Å². The Hall–Kier alpha value is -0.910. The van der Waals surface area contributed by atoms with Gasteiger partial charge in [-0.2, -0.15) is 0 Å². The number of rotatable bonds is 3. The van der Waals surface area contributed by atoms with E-state index >= 15 is 0 Å². The number of fused-ring (bicyclic) bond motifs is 1. The van der Waals surface area contributed by atoms with Gasteiger partial charge in [0.05, 0.1) is 24.5 Å². The van der Waals surface area contributed by atoms with Gasteiger partial charge in [0.1, 0.15) is 5.65 Å². The monoisotopic (exact) mass is 269 g/mol. The van der Waals surface area contributed by atoms with Crippen LogP contribution in [-0.4, -0.2) is 23.1 Å². The van der Waals surface area contributed by atoms with Gasteiger partial charge in [0.25, 0.3) is 0 Å². The predicted molar refractivity (Wildman–Crippen MR) is 61.7 cm³/mol. The van der Waals surface area contributed by atoms with Crippen molar-refractivity contribution in [3.8, 4) is 0 Å². The van der Waals surface area contributed by atoms with Gasteiger partial charge in [-0.3, -0.25) is 0 Å². The van der Waals surface area contributed by atoms with Crippen molar-refractivity contribution < 1.29 is 4.74 Å². The summed E-state index contributed by atoms with van der Waals surface area (Å²) in [5.74, 6) is 0. The first-order valence-corrected chi connectivity index (χ1v) is 5.38. The highest BCUT2D eigenvalue weighted by atomic mass is 79.9. The van der Waals surface area contributed by atoms with E-state index in [-0.39, 0.29) is 6.04 Å². The highest BCUT2D eigenvalue weighted by molar-refractivity contribution is 9.10. The maximum absolute atomic E-state index is 5.96. The first-order chi connectivity index (χ1) is 7.22. The summed E-state index contributed by atoms with van der Waals surface area (Å²) in [5, 5.41) is 0. The summed E-state index contributed by atoms with van der Waals surface area (Å²) < 4.78 is 7.99. The second-order valence-electron chi connectivity index (χ2n) is 3.32. The Morgan fingerprint density at radius 3 is 3.13 bits per heavy atom. The summed E-state index contributed by atoms with van der Waals surface area (Å²) in [7, 11) is 1.64. The quantitative estimate of drug-likeness (QED) is 0.924. The van der Waals surface area contributed by atoms with Crippen molar-refractivity contribution in [3.05, 3.63) is 34.7 Å². The zero-order chi connectivity index (χ0) is 10.8. The molecule has 0 aliphatic carbocycles. The summed E-state index contributed by atoms with van der Waals surface area (Å²) in [6.07, 6.45) is 3.73. The number of nitrogens with zero attached hydrogens (tertiary/aromatic N) is 2. The molecule has 5 heteroatoms. The molecule has 2 rings (SSSR count). The summed E-state index contributed by atoms with van der Waals surface area (Å²) in [5.41, 5.74) is 7.81. The van der Waals surface area contributed by atoms with Crippen LogP contribution in [0.25, 0.3) is 5.65 Å². The van der Waals surface area contributed by atoms with Gasteiger partial charge in [0, 0.05) is 17.8 Å². The molecule has 0 saturated heterocycles. The third-order valence-corrected chi connectivity index (χ3v) is 2.69. The maximum atomic E-state index is 5.96. The largest absolute Gasteiger partial charge is 0.383 e. The van der Waals surface area contributed by atoms with Gasteiger partial charge >= 0.3 is 0 Å². The minimum absolute atomic E-state index is 0.153. The summed E-state index contributed by atoms with van der Waals surface area (Å²) in [4.78, 5) is 4.27. The molecule has 2 aromatic heterocycles. The van der Waals surface area contributed by atoms with E-state index in [1.54, 1.807) is 13.3 Å². The van der Waals surface area contributed by atoms with Crippen molar-refractivity contribution in [1.82, 2.24) is 9.38 Å². The number of ether oxygens (including phenoxy) is 1. The molecule has 0 aromatic carbocycles.